The second kappa shape index (κ2) is 8.66. The Kier molecular flexibility index (Phi) is 5.38. The largest absolute Gasteiger partial charge is 0.493 e. The van der Waals surface area contributed by atoms with Crippen LogP contribution in [0.25, 0.3) is 33.3 Å². The van der Waals surface area contributed by atoms with Crippen molar-refractivity contribution in [2.45, 2.75) is 6.54 Å². The summed E-state index contributed by atoms with van der Waals surface area (Å²) in [5, 5.41) is 16.5. The number of benzene rings is 1. The highest BCUT2D eigenvalue weighted by atomic mass is 19.1. The lowest BCUT2D eigenvalue weighted by atomic mass is 10.1. The van der Waals surface area contributed by atoms with Crippen molar-refractivity contribution in [2.24, 2.45) is 0 Å². The van der Waals surface area contributed by atoms with Crippen LogP contribution in [0.2, 0.25) is 0 Å². The molecule has 0 spiro atoms. The molecule has 0 saturated heterocycles. The number of methoxy groups -OCH3 is 1. The van der Waals surface area contributed by atoms with Crippen molar-refractivity contribution in [3.05, 3.63) is 78.8 Å². The lowest BCUT2D eigenvalue weighted by Crippen LogP contribution is -2.10. The van der Waals surface area contributed by atoms with Gasteiger partial charge in [0.1, 0.15) is 11.5 Å². The van der Waals surface area contributed by atoms with Crippen LogP contribution in [0.4, 0.5) is 15.0 Å². The predicted octanol–water partition coefficient (Wildman–Crippen LogP) is 4.77. The molecule has 170 valence electrons. The number of amides is 1. The number of aromatic nitrogens is 5. The summed E-state index contributed by atoms with van der Waals surface area (Å²) in [5.74, 6) is 0.131. The quantitative estimate of drug-likeness (QED) is 0.337. The number of hydrogen-bond donors (Lipinski definition) is 3. The average Bonchev–Trinajstić information content (AvgIpc) is 3.45. The molecule has 0 atom stereocenters. The number of anilines is 1. The fourth-order valence-corrected chi connectivity index (χ4v) is 3.76. The molecular formula is C24H19FN6O3. The van der Waals surface area contributed by atoms with Crippen molar-refractivity contribution in [3.8, 4) is 28.0 Å². The molecule has 5 aromatic rings. The van der Waals surface area contributed by atoms with Crippen LogP contribution >= 0.6 is 0 Å². The summed E-state index contributed by atoms with van der Waals surface area (Å²) in [5.41, 5.74) is 4.84. The summed E-state index contributed by atoms with van der Waals surface area (Å²) >= 11 is 0. The van der Waals surface area contributed by atoms with E-state index in [-0.39, 0.29) is 11.6 Å². The molecule has 5 rings (SSSR count). The molecular weight excluding hydrogens is 439 g/mol. The zero-order chi connectivity index (χ0) is 23.7. The Balaban J connectivity index is 1.47. The molecule has 3 N–H and O–H groups in total. The van der Waals surface area contributed by atoms with E-state index in [2.05, 4.69) is 25.4 Å². The highest BCUT2D eigenvalue weighted by Crippen LogP contribution is 2.33. The number of rotatable bonds is 6. The van der Waals surface area contributed by atoms with Crippen LogP contribution in [0.5, 0.6) is 5.75 Å². The summed E-state index contributed by atoms with van der Waals surface area (Å²) in [6.45, 7) is 0.450. The minimum Gasteiger partial charge on any atom is -0.493 e. The van der Waals surface area contributed by atoms with Crippen LogP contribution in [-0.2, 0) is 6.54 Å². The molecule has 0 radical (unpaired) electrons. The molecule has 9 nitrogen and oxygen atoms in total. The zero-order valence-corrected chi connectivity index (χ0v) is 18.0. The molecule has 1 aromatic carbocycles. The van der Waals surface area contributed by atoms with Gasteiger partial charge in [0.25, 0.3) is 0 Å². The number of hydrogen-bond acceptors (Lipinski definition) is 5. The SMILES string of the molecule is COc1cc(-c2cnc3[nH]cc(-c4cnn(Cc5cccc(F)c5)c4)c3c2)cnc1NC(=O)O. The first kappa shape index (κ1) is 21.1. The molecule has 0 aliphatic rings. The molecule has 1 amide bonds. The van der Waals surface area contributed by atoms with E-state index in [0.717, 1.165) is 33.2 Å². The van der Waals surface area contributed by atoms with E-state index in [0.29, 0.717) is 17.9 Å². The molecule has 0 unspecified atom stereocenters. The van der Waals surface area contributed by atoms with Gasteiger partial charge >= 0.3 is 6.09 Å². The molecule has 0 saturated carbocycles. The number of H-pyrrole nitrogens is 1. The zero-order valence-electron chi connectivity index (χ0n) is 18.0. The Bertz CT molecular complexity index is 1510. The standard InChI is InChI=1S/C24H19FN6O3/c1-34-21-7-16(9-27-23(21)30-24(32)33)15-6-19-20(11-28-22(19)26-8-15)17-10-29-31(13-17)12-14-3-2-4-18(25)5-14/h2-11,13H,12H2,1H3,(H,26,28)(H,27,30)(H,32,33). The summed E-state index contributed by atoms with van der Waals surface area (Å²) in [6.07, 6.45) is 7.56. The Morgan fingerprint density at radius 1 is 1.15 bits per heavy atom. The van der Waals surface area contributed by atoms with Crippen LogP contribution in [0.15, 0.2) is 67.4 Å². The second-order valence-electron chi connectivity index (χ2n) is 7.58. The lowest BCUT2D eigenvalue weighted by Gasteiger charge is -2.09. The number of nitrogens with zero attached hydrogens (tertiary/aromatic N) is 4. The number of fused-ring (bicyclic) bond motifs is 1. The minimum atomic E-state index is -1.23. The summed E-state index contributed by atoms with van der Waals surface area (Å²) < 4.78 is 20.5. The van der Waals surface area contributed by atoms with Crippen molar-refractivity contribution >= 4 is 22.9 Å². The molecule has 10 heteroatoms. The summed E-state index contributed by atoms with van der Waals surface area (Å²) in [4.78, 5) is 22.8. The van der Waals surface area contributed by atoms with Gasteiger partial charge in [0.15, 0.2) is 11.6 Å². The molecule has 34 heavy (non-hydrogen) atoms. The molecule has 0 aliphatic carbocycles. The van der Waals surface area contributed by atoms with Crippen LogP contribution in [0, 0.1) is 5.82 Å². The number of pyridine rings is 2. The number of ether oxygens (including phenoxy) is 1. The Hall–Kier alpha value is -4.73. The van der Waals surface area contributed by atoms with Gasteiger partial charge in [-0.05, 0) is 29.8 Å². The maximum absolute atomic E-state index is 13.5. The first-order valence-electron chi connectivity index (χ1n) is 10.3. The van der Waals surface area contributed by atoms with E-state index < -0.39 is 6.09 Å². The first-order chi connectivity index (χ1) is 16.5. The molecule has 0 aliphatic heterocycles. The van der Waals surface area contributed by atoms with E-state index in [1.54, 1.807) is 35.4 Å². The number of carboxylic acid groups (broad SMARTS) is 1. The molecule has 4 aromatic heterocycles. The summed E-state index contributed by atoms with van der Waals surface area (Å²) in [6, 6.07) is 10.1. The van der Waals surface area contributed by atoms with E-state index in [1.807, 2.05) is 24.5 Å². The van der Waals surface area contributed by atoms with Crippen LogP contribution < -0.4 is 10.1 Å². The number of nitrogens with one attached hydrogen (secondary N) is 2. The van der Waals surface area contributed by atoms with Gasteiger partial charge < -0.3 is 14.8 Å². The van der Waals surface area contributed by atoms with E-state index in [9.17, 15) is 9.18 Å². The van der Waals surface area contributed by atoms with Crippen molar-refractivity contribution in [1.82, 2.24) is 24.7 Å². The van der Waals surface area contributed by atoms with E-state index in [4.69, 9.17) is 9.84 Å². The number of halogens is 1. The van der Waals surface area contributed by atoms with Gasteiger partial charge in [0.05, 0.1) is 19.9 Å². The Morgan fingerprint density at radius 2 is 1.97 bits per heavy atom. The molecule has 0 fully saturated rings. The fourth-order valence-electron chi connectivity index (χ4n) is 3.76. The molecule has 0 bridgehead atoms. The van der Waals surface area contributed by atoms with Gasteiger partial charge in [-0.25, -0.2) is 19.2 Å². The van der Waals surface area contributed by atoms with Gasteiger partial charge in [-0.15, -0.1) is 0 Å². The number of aromatic amines is 1. The summed E-state index contributed by atoms with van der Waals surface area (Å²) in [7, 11) is 1.45. The van der Waals surface area contributed by atoms with Crippen molar-refractivity contribution in [1.29, 1.82) is 0 Å². The van der Waals surface area contributed by atoms with Gasteiger partial charge in [0, 0.05) is 52.4 Å². The van der Waals surface area contributed by atoms with E-state index in [1.165, 1.54) is 19.2 Å². The highest BCUT2D eigenvalue weighted by molar-refractivity contribution is 5.95. The molecule has 4 heterocycles. The minimum absolute atomic E-state index is 0.112. The van der Waals surface area contributed by atoms with Crippen molar-refractivity contribution in [3.63, 3.8) is 0 Å². The van der Waals surface area contributed by atoms with Crippen LogP contribution in [0.1, 0.15) is 5.56 Å². The van der Waals surface area contributed by atoms with Crippen LogP contribution in [-0.4, -0.2) is 43.0 Å². The number of carbonyl (C=O) groups is 1. The lowest BCUT2D eigenvalue weighted by molar-refractivity contribution is 0.209. The average molecular weight is 458 g/mol. The fraction of sp³-hybridized carbons (Fsp3) is 0.0833. The van der Waals surface area contributed by atoms with Crippen LogP contribution in [0.3, 0.4) is 0 Å². The van der Waals surface area contributed by atoms with E-state index >= 15 is 0 Å². The Labute approximate surface area is 192 Å². The van der Waals surface area contributed by atoms with Crippen molar-refractivity contribution < 1.29 is 19.0 Å². The second-order valence-corrected chi connectivity index (χ2v) is 7.58. The van der Waals surface area contributed by atoms with Gasteiger partial charge in [-0.3, -0.25) is 10.00 Å². The maximum Gasteiger partial charge on any atom is 0.410 e. The third kappa shape index (κ3) is 4.16. The topological polar surface area (TPSA) is 118 Å². The smallest absolute Gasteiger partial charge is 0.410 e. The normalized spacial score (nSPS) is 11.0. The maximum atomic E-state index is 13.5. The van der Waals surface area contributed by atoms with Gasteiger partial charge in [0.2, 0.25) is 0 Å². The van der Waals surface area contributed by atoms with Crippen molar-refractivity contribution in [2.75, 3.05) is 12.4 Å². The monoisotopic (exact) mass is 458 g/mol. The third-order valence-corrected chi connectivity index (χ3v) is 5.34. The van der Waals surface area contributed by atoms with Gasteiger partial charge in [-0.2, -0.15) is 5.10 Å². The third-order valence-electron chi connectivity index (χ3n) is 5.34. The predicted molar refractivity (Wildman–Crippen MR) is 124 cm³/mol. The first-order valence-corrected chi connectivity index (χ1v) is 10.3. The van der Waals surface area contributed by atoms with Gasteiger partial charge in [-0.1, -0.05) is 12.1 Å². The Morgan fingerprint density at radius 3 is 2.76 bits per heavy atom. The highest BCUT2D eigenvalue weighted by Gasteiger charge is 2.14.